The zero-order chi connectivity index (χ0) is 16.9. The average molecular weight is 316 g/mol. The van der Waals surface area contributed by atoms with E-state index in [1.807, 2.05) is 13.8 Å². The smallest absolute Gasteiger partial charge is 0.432 e. The maximum absolute atomic E-state index is 11.6. The summed E-state index contributed by atoms with van der Waals surface area (Å²) in [7, 11) is 0. The van der Waals surface area contributed by atoms with Crippen LogP contribution >= 0.6 is 0 Å². The minimum Gasteiger partial charge on any atom is -0.432 e. The van der Waals surface area contributed by atoms with Crippen molar-refractivity contribution in [3.8, 4) is 0 Å². The molecule has 128 valence electrons. The summed E-state index contributed by atoms with van der Waals surface area (Å²) in [6, 6.07) is 0. The molecule has 0 N–H and O–H groups in total. The van der Waals surface area contributed by atoms with Crippen molar-refractivity contribution in [2.45, 2.75) is 78.8 Å². The van der Waals surface area contributed by atoms with E-state index in [0.29, 0.717) is 6.42 Å². The molecule has 1 fully saturated rings. The average Bonchev–Trinajstić information content (AvgIpc) is 2.33. The van der Waals surface area contributed by atoms with E-state index in [2.05, 4.69) is 0 Å². The fourth-order valence-corrected chi connectivity index (χ4v) is 2.60. The fraction of sp³-hybridized carbons (Fsp3) is 0.875. The van der Waals surface area contributed by atoms with Gasteiger partial charge in [0, 0.05) is 6.42 Å². The summed E-state index contributed by atoms with van der Waals surface area (Å²) < 4.78 is 20.7. The van der Waals surface area contributed by atoms with E-state index >= 15 is 0 Å². The highest BCUT2D eigenvalue weighted by Crippen LogP contribution is 2.33. The van der Waals surface area contributed by atoms with Gasteiger partial charge in [0.15, 0.2) is 0 Å². The fourth-order valence-electron chi connectivity index (χ4n) is 2.60. The van der Waals surface area contributed by atoms with Crippen molar-refractivity contribution in [3.63, 3.8) is 0 Å². The van der Waals surface area contributed by atoms with Gasteiger partial charge < -0.3 is 18.9 Å². The molecular formula is C16H28O6. The third-order valence-electron chi connectivity index (χ3n) is 3.64. The molecule has 0 aromatic carbocycles. The van der Waals surface area contributed by atoms with Gasteiger partial charge in [-0.3, -0.25) is 0 Å². The highest BCUT2D eigenvalue weighted by atomic mass is 16.7. The van der Waals surface area contributed by atoms with Crippen LogP contribution in [0.4, 0.5) is 9.59 Å². The highest BCUT2D eigenvalue weighted by molar-refractivity contribution is 5.61. The predicted molar refractivity (Wildman–Crippen MR) is 80.5 cm³/mol. The highest BCUT2D eigenvalue weighted by Gasteiger charge is 2.38. The van der Waals surface area contributed by atoms with Crippen LogP contribution in [0.25, 0.3) is 0 Å². The molecule has 4 unspecified atom stereocenters. The van der Waals surface area contributed by atoms with Crippen molar-refractivity contribution < 1.29 is 28.5 Å². The van der Waals surface area contributed by atoms with Gasteiger partial charge in [0.2, 0.25) is 0 Å². The number of hydrogen-bond donors (Lipinski definition) is 0. The summed E-state index contributed by atoms with van der Waals surface area (Å²) >= 11 is 0. The van der Waals surface area contributed by atoms with Gasteiger partial charge >= 0.3 is 12.3 Å². The molecule has 0 aliphatic heterocycles. The minimum atomic E-state index is -0.676. The van der Waals surface area contributed by atoms with E-state index in [-0.39, 0.29) is 36.3 Å². The molecule has 0 radical (unpaired) electrons. The first-order valence-corrected chi connectivity index (χ1v) is 7.93. The Labute approximate surface area is 132 Å². The van der Waals surface area contributed by atoms with E-state index < -0.39 is 12.3 Å². The van der Waals surface area contributed by atoms with Gasteiger partial charge in [-0.05, 0) is 46.0 Å². The standard InChI is InChI=1S/C16H28O6/c1-9(2)19-15(17)21-13-8-14(12(6)7-11(13)5)22-16(18)20-10(3)4/h9-14H,7-8H2,1-6H3. The summed E-state index contributed by atoms with van der Waals surface area (Å²) in [5, 5.41) is 0. The third kappa shape index (κ3) is 6.12. The minimum absolute atomic E-state index is 0.190. The second kappa shape index (κ2) is 8.25. The second-order valence-corrected chi connectivity index (χ2v) is 6.57. The summed E-state index contributed by atoms with van der Waals surface area (Å²) in [6.45, 7) is 11.1. The zero-order valence-corrected chi connectivity index (χ0v) is 14.3. The monoisotopic (exact) mass is 316 g/mol. The molecular weight excluding hydrogens is 288 g/mol. The Morgan fingerprint density at radius 1 is 0.773 bits per heavy atom. The number of rotatable bonds is 4. The molecule has 0 amide bonds. The molecule has 1 saturated carbocycles. The van der Waals surface area contributed by atoms with Crippen molar-refractivity contribution in [1.29, 1.82) is 0 Å². The Morgan fingerprint density at radius 2 is 1.14 bits per heavy atom. The summed E-state index contributed by atoms with van der Waals surface area (Å²) in [4.78, 5) is 23.3. The van der Waals surface area contributed by atoms with Crippen molar-refractivity contribution in [3.05, 3.63) is 0 Å². The molecule has 1 aliphatic carbocycles. The molecule has 1 aliphatic rings. The Balaban J connectivity index is 2.57. The Morgan fingerprint density at radius 3 is 1.45 bits per heavy atom. The molecule has 0 aromatic rings. The van der Waals surface area contributed by atoms with Crippen LogP contribution in [0.5, 0.6) is 0 Å². The Kier molecular flexibility index (Phi) is 6.97. The summed E-state index contributed by atoms with van der Waals surface area (Å²) in [5.41, 5.74) is 0. The molecule has 6 nitrogen and oxygen atoms in total. The van der Waals surface area contributed by atoms with Gasteiger partial charge in [0.25, 0.3) is 0 Å². The third-order valence-corrected chi connectivity index (χ3v) is 3.64. The van der Waals surface area contributed by atoms with Crippen LogP contribution < -0.4 is 0 Å². The molecule has 0 saturated heterocycles. The lowest BCUT2D eigenvalue weighted by Crippen LogP contribution is -2.41. The number of hydrogen-bond acceptors (Lipinski definition) is 6. The van der Waals surface area contributed by atoms with Crippen LogP contribution in [0, 0.1) is 11.8 Å². The zero-order valence-electron chi connectivity index (χ0n) is 14.3. The molecule has 0 aromatic heterocycles. The van der Waals surface area contributed by atoms with Crippen LogP contribution in [0.1, 0.15) is 54.4 Å². The van der Waals surface area contributed by atoms with E-state index in [0.717, 1.165) is 6.42 Å². The van der Waals surface area contributed by atoms with E-state index in [1.54, 1.807) is 27.7 Å². The second-order valence-electron chi connectivity index (χ2n) is 6.57. The summed E-state index contributed by atoms with van der Waals surface area (Å²) in [6.07, 6.45) is -1.17. The predicted octanol–water partition coefficient (Wildman–Crippen LogP) is 3.91. The lowest BCUT2D eigenvalue weighted by atomic mass is 9.79. The van der Waals surface area contributed by atoms with E-state index in [1.165, 1.54) is 0 Å². The molecule has 0 bridgehead atoms. The largest absolute Gasteiger partial charge is 0.508 e. The Bertz CT molecular complexity index is 345. The maximum atomic E-state index is 11.6. The van der Waals surface area contributed by atoms with Crippen LogP contribution in [-0.2, 0) is 18.9 Å². The molecule has 22 heavy (non-hydrogen) atoms. The number of carbonyl (C=O) groups excluding carboxylic acids is 2. The Hall–Kier alpha value is -1.46. The van der Waals surface area contributed by atoms with Gasteiger partial charge in [0.1, 0.15) is 12.2 Å². The van der Waals surface area contributed by atoms with Gasteiger partial charge in [-0.15, -0.1) is 0 Å². The van der Waals surface area contributed by atoms with Crippen LogP contribution in [0.15, 0.2) is 0 Å². The first-order chi connectivity index (χ1) is 10.2. The molecule has 4 atom stereocenters. The summed E-state index contributed by atoms with van der Waals surface area (Å²) in [5.74, 6) is 0.381. The lowest BCUT2D eigenvalue weighted by Gasteiger charge is -2.37. The molecule has 1 rings (SSSR count). The molecule has 0 spiro atoms. The molecule has 0 heterocycles. The first-order valence-electron chi connectivity index (χ1n) is 7.93. The maximum Gasteiger partial charge on any atom is 0.508 e. The van der Waals surface area contributed by atoms with Crippen LogP contribution in [-0.4, -0.2) is 36.7 Å². The SMILES string of the molecule is CC(C)OC(=O)OC1CC(OC(=O)OC(C)C)C(C)CC1C. The number of ether oxygens (including phenoxy) is 4. The molecule has 6 heteroatoms. The van der Waals surface area contributed by atoms with Crippen molar-refractivity contribution in [2.75, 3.05) is 0 Å². The van der Waals surface area contributed by atoms with E-state index in [9.17, 15) is 9.59 Å². The quantitative estimate of drug-likeness (QED) is 0.732. The first kappa shape index (κ1) is 18.6. The van der Waals surface area contributed by atoms with Gasteiger partial charge in [0.05, 0.1) is 12.2 Å². The van der Waals surface area contributed by atoms with Gasteiger partial charge in [-0.1, -0.05) is 13.8 Å². The van der Waals surface area contributed by atoms with Crippen LogP contribution in [0.2, 0.25) is 0 Å². The lowest BCUT2D eigenvalue weighted by molar-refractivity contribution is -0.0779. The van der Waals surface area contributed by atoms with E-state index in [4.69, 9.17) is 18.9 Å². The number of carbonyl (C=O) groups is 2. The van der Waals surface area contributed by atoms with Crippen molar-refractivity contribution >= 4 is 12.3 Å². The van der Waals surface area contributed by atoms with Gasteiger partial charge in [-0.25, -0.2) is 9.59 Å². The van der Waals surface area contributed by atoms with Crippen molar-refractivity contribution in [1.82, 2.24) is 0 Å². The topological polar surface area (TPSA) is 71.1 Å². The van der Waals surface area contributed by atoms with Crippen LogP contribution in [0.3, 0.4) is 0 Å². The van der Waals surface area contributed by atoms with Gasteiger partial charge in [-0.2, -0.15) is 0 Å². The van der Waals surface area contributed by atoms with Crippen molar-refractivity contribution in [2.24, 2.45) is 11.8 Å². The normalized spacial score (nSPS) is 28.4.